The molecule has 2 aromatic carbocycles. The van der Waals surface area contributed by atoms with E-state index in [2.05, 4.69) is 6.92 Å². The van der Waals surface area contributed by atoms with E-state index in [4.69, 9.17) is 5.73 Å². The van der Waals surface area contributed by atoms with Gasteiger partial charge in [0.15, 0.2) is 0 Å². The van der Waals surface area contributed by atoms with Crippen LogP contribution < -0.4 is 5.73 Å². The SMILES string of the molecule is CCC[C@@H](N)c1c(O)ccc2ccccc12.Cl. The Balaban J connectivity index is 0.00000144. The summed E-state index contributed by atoms with van der Waals surface area (Å²) in [4.78, 5) is 0. The predicted octanol–water partition coefficient (Wildman–Crippen LogP) is 3.77. The smallest absolute Gasteiger partial charge is 0.120 e. The molecule has 2 nitrogen and oxygen atoms in total. The van der Waals surface area contributed by atoms with Crippen molar-refractivity contribution in [2.45, 2.75) is 25.8 Å². The minimum atomic E-state index is -0.0869. The lowest BCUT2D eigenvalue weighted by molar-refractivity contribution is 0.460. The van der Waals surface area contributed by atoms with Crippen LogP contribution in [0.3, 0.4) is 0 Å². The van der Waals surface area contributed by atoms with Crippen molar-refractivity contribution in [1.29, 1.82) is 0 Å². The number of hydrogen-bond acceptors (Lipinski definition) is 2. The van der Waals surface area contributed by atoms with Gasteiger partial charge in [0.1, 0.15) is 5.75 Å². The van der Waals surface area contributed by atoms with Crippen molar-refractivity contribution in [2.24, 2.45) is 5.73 Å². The lowest BCUT2D eigenvalue weighted by Gasteiger charge is -2.15. The number of hydrogen-bond donors (Lipinski definition) is 2. The van der Waals surface area contributed by atoms with E-state index in [-0.39, 0.29) is 18.4 Å². The highest BCUT2D eigenvalue weighted by atomic mass is 35.5. The lowest BCUT2D eigenvalue weighted by Crippen LogP contribution is -2.10. The molecule has 92 valence electrons. The van der Waals surface area contributed by atoms with Crippen molar-refractivity contribution in [3.8, 4) is 5.75 Å². The summed E-state index contributed by atoms with van der Waals surface area (Å²) in [6.07, 6.45) is 1.91. The monoisotopic (exact) mass is 251 g/mol. The zero-order valence-corrected chi connectivity index (χ0v) is 10.7. The topological polar surface area (TPSA) is 46.2 Å². The van der Waals surface area contributed by atoms with Crippen molar-refractivity contribution in [1.82, 2.24) is 0 Å². The Labute approximate surface area is 108 Å². The second-order valence-corrected chi connectivity index (χ2v) is 4.11. The summed E-state index contributed by atoms with van der Waals surface area (Å²) < 4.78 is 0. The van der Waals surface area contributed by atoms with Crippen molar-refractivity contribution in [3.63, 3.8) is 0 Å². The Hall–Kier alpha value is -1.25. The summed E-state index contributed by atoms with van der Waals surface area (Å²) in [6.45, 7) is 2.10. The van der Waals surface area contributed by atoms with Gasteiger partial charge in [0.2, 0.25) is 0 Å². The van der Waals surface area contributed by atoms with Gasteiger partial charge in [0, 0.05) is 11.6 Å². The summed E-state index contributed by atoms with van der Waals surface area (Å²) in [5, 5.41) is 12.1. The maximum Gasteiger partial charge on any atom is 0.120 e. The molecule has 2 aromatic rings. The van der Waals surface area contributed by atoms with Crippen LogP contribution in [0.2, 0.25) is 0 Å². The van der Waals surface area contributed by atoms with E-state index in [1.165, 1.54) is 0 Å². The molecule has 0 saturated carbocycles. The molecule has 0 aliphatic heterocycles. The number of halogens is 1. The maximum atomic E-state index is 9.93. The number of phenols is 1. The number of nitrogens with two attached hydrogens (primary N) is 1. The number of rotatable bonds is 3. The zero-order chi connectivity index (χ0) is 11.5. The molecule has 3 heteroatoms. The minimum absolute atomic E-state index is 0. The van der Waals surface area contributed by atoms with Gasteiger partial charge in [-0.05, 0) is 23.3 Å². The fraction of sp³-hybridized carbons (Fsp3) is 0.286. The van der Waals surface area contributed by atoms with Crippen LogP contribution in [-0.2, 0) is 0 Å². The second kappa shape index (κ2) is 5.89. The summed E-state index contributed by atoms with van der Waals surface area (Å²) in [7, 11) is 0. The van der Waals surface area contributed by atoms with Crippen LogP contribution in [0.4, 0.5) is 0 Å². The molecule has 0 fully saturated rings. The normalized spacial score (nSPS) is 12.1. The van der Waals surface area contributed by atoms with Gasteiger partial charge in [-0.15, -0.1) is 12.4 Å². The molecule has 0 heterocycles. The van der Waals surface area contributed by atoms with Gasteiger partial charge in [-0.3, -0.25) is 0 Å². The quantitative estimate of drug-likeness (QED) is 0.872. The second-order valence-electron chi connectivity index (χ2n) is 4.11. The third-order valence-electron chi connectivity index (χ3n) is 2.92. The highest BCUT2D eigenvalue weighted by Gasteiger charge is 2.13. The Kier molecular flexibility index (Phi) is 4.79. The summed E-state index contributed by atoms with van der Waals surface area (Å²) >= 11 is 0. The predicted molar refractivity (Wildman–Crippen MR) is 74.7 cm³/mol. The number of aromatic hydroxyl groups is 1. The van der Waals surface area contributed by atoms with Gasteiger partial charge < -0.3 is 10.8 Å². The van der Waals surface area contributed by atoms with Gasteiger partial charge in [0.25, 0.3) is 0 Å². The number of fused-ring (bicyclic) bond motifs is 1. The molecular formula is C14H18ClNO. The average Bonchev–Trinajstić information content (AvgIpc) is 2.29. The van der Waals surface area contributed by atoms with E-state index in [1.54, 1.807) is 6.07 Å². The van der Waals surface area contributed by atoms with Crippen molar-refractivity contribution < 1.29 is 5.11 Å². The molecule has 0 saturated heterocycles. The van der Waals surface area contributed by atoms with E-state index in [0.29, 0.717) is 5.75 Å². The first-order valence-corrected chi connectivity index (χ1v) is 5.70. The van der Waals surface area contributed by atoms with Gasteiger partial charge >= 0.3 is 0 Å². The molecule has 0 aliphatic carbocycles. The standard InChI is InChI=1S/C14H17NO.ClH/c1-2-5-12(15)14-11-7-4-3-6-10(11)8-9-13(14)16;/h3-4,6-9,12,16H,2,5,15H2,1H3;1H/t12-;/m1./s1. The van der Waals surface area contributed by atoms with E-state index >= 15 is 0 Å². The average molecular weight is 252 g/mol. The Morgan fingerprint density at radius 1 is 1.18 bits per heavy atom. The van der Waals surface area contributed by atoms with Gasteiger partial charge in [-0.1, -0.05) is 43.7 Å². The molecule has 17 heavy (non-hydrogen) atoms. The zero-order valence-electron chi connectivity index (χ0n) is 9.89. The van der Waals surface area contributed by atoms with Crippen LogP contribution in [-0.4, -0.2) is 5.11 Å². The Morgan fingerprint density at radius 2 is 1.88 bits per heavy atom. The largest absolute Gasteiger partial charge is 0.508 e. The third kappa shape index (κ3) is 2.71. The van der Waals surface area contributed by atoms with E-state index in [0.717, 1.165) is 29.2 Å². The summed E-state index contributed by atoms with van der Waals surface area (Å²) in [5.74, 6) is 0.305. The van der Waals surface area contributed by atoms with Crippen LogP contribution in [0.15, 0.2) is 36.4 Å². The van der Waals surface area contributed by atoms with Crippen LogP contribution in [0, 0.1) is 0 Å². The van der Waals surface area contributed by atoms with Gasteiger partial charge in [-0.25, -0.2) is 0 Å². The Morgan fingerprint density at radius 3 is 2.59 bits per heavy atom. The molecular weight excluding hydrogens is 234 g/mol. The molecule has 0 aromatic heterocycles. The number of benzene rings is 2. The molecule has 3 N–H and O–H groups in total. The highest BCUT2D eigenvalue weighted by Crippen LogP contribution is 2.32. The third-order valence-corrected chi connectivity index (χ3v) is 2.92. The van der Waals surface area contributed by atoms with Crippen molar-refractivity contribution in [2.75, 3.05) is 0 Å². The molecule has 0 bridgehead atoms. The van der Waals surface area contributed by atoms with Gasteiger partial charge in [-0.2, -0.15) is 0 Å². The van der Waals surface area contributed by atoms with Gasteiger partial charge in [0.05, 0.1) is 0 Å². The maximum absolute atomic E-state index is 9.93. The molecule has 1 atom stereocenters. The van der Waals surface area contributed by atoms with Crippen LogP contribution >= 0.6 is 12.4 Å². The molecule has 2 rings (SSSR count). The van der Waals surface area contributed by atoms with E-state index < -0.39 is 0 Å². The summed E-state index contributed by atoms with van der Waals surface area (Å²) in [5.41, 5.74) is 6.99. The molecule has 0 aliphatic rings. The summed E-state index contributed by atoms with van der Waals surface area (Å²) in [6, 6.07) is 11.6. The first-order valence-electron chi connectivity index (χ1n) is 5.70. The first-order chi connectivity index (χ1) is 7.74. The Bertz CT molecular complexity index is 499. The fourth-order valence-electron chi connectivity index (χ4n) is 2.13. The molecule has 0 amide bonds. The van der Waals surface area contributed by atoms with Crippen molar-refractivity contribution >= 4 is 23.2 Å². The van der Waals surface area contributed by atoms with E-state index in [1.807, 2.05) is 30.3 Å². The molecule has 0 spiro atoms. The van der Waals surface area contributed by atoms with Crippen LogP contribution in [0.1, 0.15) is 31.4 Å². The van der Waals surface area contributed by atoms with Crippen molar-refractivity contribution in [3.05, 3.63) is 42.0 Å². The first kappa shape index (κ1) is 13.8. The number of phenolic OH excluding ortho intramolecular Hbond substituents is 1. The lowest BCUT2D eigenvalue weighted by atomic mass is 9.95. The minimum Gasteiger partial charge on any atom is -0.508 e. The molecule has 0 radical (unpaired) electrons. The van der Waals surface area contributed by atoms with E-state index in [9.17, 15) is 5.11 Å². The fourth-order valence-corrected chi connectivity index (χ4v) is 2.13. The van der Waals surface area contributed by atoms with Crippen LogP contribution in [0.25, 0.3) is 10.8 Å². The molecule has 0 unspecified atom stereocenters. The van der Waals surface area contributed by atoms with Crippen LogP contribution in [0.5, 0.6) is 5.75 Å². The highest BCUT2D eigenvalue weighted by molar-refractivity contribution is 5.88.